The van der Waals surface area contributed by atoms with Crippen molar-refractivity contribution in [2.24, 2.45) is 17.4 Å². The van der Waals surface area contributed by atoms with E-state index in [-0.39, 0.29) is 6.42 Å². The van der Waals surface area contributed by atoms with E-state index in [1.807, 2.05) is 0 Å². The van der Waals surface area contributed by atoms with Gasteiger partial charge in [-0.1, -0.05) is 20.3 Å². The van der Waals surface area contributed by atoms with Gasteiger partial charge in [-0.2, -0.15) is 0 Å². The summed E-state index contributed by atoms with van der Waals surface area (Å²) in [5, 5.41) is 26.6. The molecule has 4 amide bonds. The van der Waals surface area contributed by atoms with Crippen LogP contribution < -0.4 is 27.4 Å². The van der Waals surface area contributed by atoms with E-state index in [2.05, 4.69) is 25.9 Å². The number of carbonyl (C=O) groups excluding carboxylic acids is 4. The first-order chi connectivity index (χ1) is 15.9. The number of aliphatic carboxylic acids is 1. The Morgan fingerprint density at radius 1 is 1.06 bits per heavy atom. The molecule has 6 unspecified atom stereocenters. The molecule has 1 rings (SSSR count). The number of aliphatic hydroxyl groups is 1. The molecule has 34 heavy (non-hydrogen) atoms. The number of nitrogens with two attached hydrogens (primary N) is 2. The molecule has 190 valence electrons. The van der Waals surface area contributed by atoms with Crippen LogP contribution in [0.5, 0.6) is 0 Å². The summed E-state index contributed by atoms with van der Waals surface area (Å²) >= 11 is 0. The molecular weight excluding hydrogens is 450 g/mol. The standard InChI is InChI=1S/C20H33N7O7/c1-4-9(2)15(26-17(30)12(21)6-14(22)29)18(31)27-16(10(3)28)19(32)25-13(20(33)34)5-11-7-23-8-24-11/h7-10,12-13,15-16,28H,4-6,21H2,1-3H3,(H2,22,29)(H,23,24)(H,25,32)(H,26,30)(H,27,31)(H,33,34). The monoisotopic (exact) mass is 483 g/mol. The first-order valence-corrected chi connectivity index (χ1v) is 10.7. The van der Waals surface area contributed by atoms with Crippen LogP contribution in [0.15, 0.2) is 12.5 Å². The van der Waals surface area contributed by atoms with E-state index in [4.69, 9.17) is 11.5 Å². The zero-order valence-corrected chi connectivity index (χ0v) is 19.3. The molecule has 0 spiro atoms. The summed E-state index contributed by atoms with van der Waals surface area (Å²) in [6.45, 7) is 4.69. The zero-order valence-electron chi connectivity index (χ0n) is 19.3. The average molecular weight is 484 g/mol. The van der Waals surface area contributed by atoms with Crippen molar-refractivity contribution >= 4 is 29.6 Å². The lowest BCUT2D eigenvalue weighted by molar-refractivity contribution is -0.143. The topological polar surface area (TPSA) is 243 Å². The number of imidazole rings is 1. The van der Waals surface area contributed by atoms with Gasteiger partial charge in [-0.25, -0.2) is 9.78 Å². The summed E-state index contributed by atoms with van der Waals surface area (Å²) in [7, 11) is 0. The molecule has 0 aliphatic rings. The van der Waals surface area contributed by atoms with E-state index in [1.165, 1.54) is 19.4 Å². The molecule has 0 aliphatic heterocycles. The second-order valence-corrected chi connectivity index (χ2v) is 8.06. The SMILES string of the molecule is CCC(C)C(NC(=O)C(N)CC(N)=O)C(=O)NC(C(=O)NC(Cc1cnc[nH]1)C(=O)O)C(C)O. The molecular formula is C20H33N7O7. The van der Waals surface area contributed by atoms with Crippen LogP contribution in [-0.2, 0) is 30.4 Å². The molecule has 1 heterocycles. The highest BCUT2D eigenvalue weighted by atomic mass is 16.4. The quantitative estimate of drug-likeness (QED) is 0.135. The van der Waals surface area contributed by atoms with Crippen molar-refractivity contribution in [1.82, 2.24) is 25.9 Å². The maximum absolute atomic E-state index is 12.9. The van der Waals surface area contributed by atoms with Crippen LogP contribution >= 0.6 is 0 Å². The Bertz CT molecular complexity index is 859. The van der Waals surface area contributed by atoms with Crippen molar-refractivity contribution in [3.05, 3.63) is 18.2 Å². The third-order valence-corrected chi connectivity index (χ3v) is 5.21. The fourth-order valence-corrected chi connectivity index (χ4v) is 3.00. The van der Waals surface area contributed by atoms with Gasteiger partial charge >= 0.3 is 5.97 Å². The predicted molar refractivity (Wildman–Crippen MR) is 119 cm³/mol. The number of H-pyrrole nitrogens is 1. The molecule has 0 saturated heterocycles. The molecule has 0 aliphatic carbocycles. The van der Waals surface area contributed by atoms with Crippen LogP contribution in [0.3, 0.4) is 0 Å². The van der Waals surface area contributed by atoms with Gasteiger partial charge in [-0.05, 0) is 12.8 Å². The number of aliphatic hydroxyl groups excluding tert-OH is 1. The summed E-state index contributed by atoms with van der Waals surface area (Å²) in [5.41, 5.74) is 11.1. The van der Waals surface area contributed by atoms with E-state index >= 15 is 0 Å². The number of hydrogen-bond donors (Lipinski definition) is 8. The highest BCUT2D eigenvalue weighted by Crippen LogP contribution is 2.10. The molecule has 14 heteroatoms. The van der Waals surface area contributed by atoms with Crippen molar-refractivity contribution in [1.29, 1.82) is 0 Å². The molecule has 1 aromatic rings. The molecule has 14 nitrogen and oxygen atoms in total. The fraction of sp³-hybridized carbons (Fsp3) is 0.600. The van der Waals surface area contributed by atoms with Gasteiger partial charge in [0.25, 0.3) is 0 Å². The van der Waals surface area contributed by atoms with Crippen molar-refractivity contribution in [2.75, 3.05) is 0 Å². The number of amides is 4. The van der Waals surface area contributed by atoms with E-state index < -0.39 is 72.2 Å². The second-order valence-electron chi connectivity index (χ2n) is 8.06. The van der Waals surface area contributed by atoms with Crippen LogP contribution in [-0.4, -0.2) is 80.1 Å². The van der Waals surface area contributed by atoms with E-state index in [0.717, 1.165) is 0 Å². The number of carboxylic acids is 1. The fourth-order valence-electron chi connectivity index (χ4n) is 3.00. The number of hydrogen-bond acceptors (Lipinski definition) is 8. The number of rotatable bonds is 14. The Morgan fingerprint density at radius 3 is 2.12 bits per heavy atom. The first kappa shape index (κ1) is 28.5. The minimum atomic E-state index is -1.51. The molecule has 0 fully saturated rings. The number of aromatic amines is 1. The van der Waals surface area contributed by atoms with Gasteiger partial charge in [-0.3, -0.25) is 19.2 Å². The number of primary amides is 1. The number of carboxylic acid groups (broad SMARTS) is 1. The van der Waals surface area contributed by atoms with Crippen LogP contribution in [0.25, 0.3) is 0 Å². The van der Waals surface area contributed by atoms with Gasteiger partial charge < -0.3 is 42.6 Å². The molecule has 6 atom stereocenters. The summed E-state index contributed by atoms with van der Waals surface area (Å²) in [6.07, 6.45) is 1.29. The summed E-state index contributed by atoms with van der Waals surface area (Å²) in [6, 6.07) is -5.29. The van der Waals surface area contributed by atoms with Gasteiger partial charge in [0.1, 0.15) is 18.1 Å². The maximum atomic E-state index is 12.9. The third kappa shape index (κ3) is 8.78. The average Bonchev–Trinajstić information content (AvgIpc) is 3.26. The Hall–Kier alpha value is -3.52. The lowest BCUT2D eigenvalue weighted by atomic mass is 9.97. The summed E-state index contributed by atoms with van der Waals surface area (Å²) in [4.78, 5) is 67.1. The predicted octanol–water partition coefficient (Wildman–Crippen LogP) is -2.88. The smallest absolute Gasteiger partial charge is 0.326 e. The third-order valence-electron chi connectivity index (χ3n) is 5.21. The van der Waals surface area contributed by atoms with Gasteiger partial charge in [-0.15, -0.1) is 0 Å². The zero-order chi connectivity index (χ0) is 26.0. The van der Waals surface area contributed by atoms with Gasteiger partial charge in [0.05, 0.1) is 24.9 Å². The van der Waals surface area contributed by atoms with E-state index in [0.29, 0.717) is 12.1 Å². The van der Waals surface area contributed by atoms with Crippen LogP contribution in [0, 0.1) is 5.92 Å². The number of nitrogens with zero attached hydrogens (tertiary/aromatic N) is 1. The largest absolute Gasteiger partial charge is 0.480 e. The van der Waals surface area contributed by atoms with E-state index in [1.54, 1.807) is 13.8 Å². The molecule has 0 aromatic carbocycles. The highest BCUT2D eigenvalue weighted by molar-refractivity contribution is 5.95. The highest BCUT2D eigenvalue weighted by Gasteiger charge is 2.34. The van der Waals surface area contributed by atoms with Crippen molar-refractivity contribution in [3.8, 4) is 0 Å². The van der Waals surface area contributed by atoms with Crippen LogP contribution in [0.1, 0.15) is 39.3 Å². The van der Waals surface area contributed by atoms with E-state index in [9.17, 15) is 34.2 Å². The lowest BCUT2D eigenvalue weighted by Crippen LogP contribution is -2.61. The normalized spacial score (nSPS) is 16.3. The Kier molecular flexibility index (Phi) is 11.1. The molecule has 10 N–H and O–H groups in total. The number of nitrogens with one attached hydrogen (secondary N) is 4. The lowest BCUT2D eigenvalue weighted by Gasteiger charge is -2.28. The van der Waals surface area contributed by atoms with Crippen molar-refractivity contribution in [3.63, 3.8) is 0 Å². The number of carbonyl (C=O) groups is 5. The Balaban J connectivity index is 2.96. The summed E-state index contributed by atoms with van der Waals surface area (Å²) in [5.74, 6) is -5.05. The van der Waals surface area contributed by atoms with Crippen LogP contribution in [0.2, 0.25) is 0 Å². The first-order valence-electron chi connectivity index (χ1n) is 10.7. The molecule has 1 aromatic heterocycles. The Labute approximate surface area is 196 Å². The van der Waals surface area contributed by atoms with Crippen LogP contribution in [0.4, 0.5) is 0 Å². The Morgan fingerprint density at radius 2 is 1.65 bits per heavy atom. The minimum Gasteiger partial charge on any atom is -0.480 e. The number of aromatic nitrogens is 2. The summed E-state index contributed by atoms with van der Waals surface area (Å²) < 4.78 is 0. The van der Waals surface area contributed by atoms with Gasteiger partial charge in [0, 0.05) is 18.3 Å². The minimum absolute atomic E-state index is 0.106. The maximum Gasteiger partial charge on any atom is 0.326 e. The van der Waals surface area contributed by atoms with Gasteiger partial charge in [0.2, 0.25) is 23.6 Å². The molecule has 0 bridgehead atoms. The van der Waals surface area contributed by atoms with Crippen molar-refractivity contribution < 1.29 is 34.2 Å². The second kappa shape index (κ2) is 13.3. The van der Waals surface area contributed by atoms with Crippen molar-refractivity contribution in [2.45, 2.75) is 70.3 Å². The van der Waals surface area contributed by atoms with Gasteiger partial charge in [0.15, 0.2) is 0 Å². The molecule has 0 saturated carbocycles. The molecule has 0 radical (unpaired) electrons.